The molecule has 1 saturated carbocycles. The summed E-state index contributed by atoms with van der Waals surface area (Å²) in [5.74, 6) is 0.300. The molecule has 0 bridgehead atoms. The third kappa shape index (κ3) is 3.82. The molecule has 1 saturated heterocycles. The van der Waals surface area contributed by atoms with Gasteiger partial charge in [-0.15, -0.1) is 0 Å². The molecule has 3 rings (SSSR count). The van der Waals surface area contributed by atoms with Gasteiger partial charge in [-0.2, -0.15) is 0 Å². The van der Waals surface area contributed by atoms with Crippen LogP contribution in [0.4, 0.5) is 0 Å². The highest BCUT2D eigenvalue weighted by atomic mass is 35.5. The molecule has 3 nitrogen and oxygen atoms in total. The zero-order chi connectivity index (χ0) is 15.4. The van der Waals surface area contributed by atoms with Crippen molar-refractivity contribution in [3.63, 3.8) is 0 Å². The first-order chi connectivity index (χ1) is 10.7. The summed E-state index contributed by atoms with van der Waals surface area (Å²) >= 11 is 5.89. The molecule has 1 amide bonds. The average Bonchev–Trinajstić information content (AvgIpc) is 2.56. The molecule has 2 unspecified atom stereocenters. The molecule has 1 aliphatic carbocycles. The molecule has 0 spiro atoms. The SMILES string of the molecule is O=C(CCCc1ccc(Cl)cc1)N1CCOC2CCCCC21. The Morgan fingerprint density at radius 2 is 2.00 bits per heavy atom. The molecule has 0 aromatic heterocycles. The number of benzene rings is 1. The van der Waals surface area contributed by atoms with Crippen molar-refractivity contribution in [2.45, 2.75) is 57.1 Å². The standard InChI is InChI=1S/C18H24ClNO2/c19-15-10-8-14(9-11-15)4-3-7-18(21)20-12-13-22-17-6-2-1-5-16(17)20/h8-11,16-17H,1-7,12-13H2. The number of ether oxygens (including phenoxy) is 1. The minimum atomic E-state index is 0.280. The molecule has 2 fully saturated rings. The fourth-order valence-corrected chi connectivity index (χ4v) is 3.77. The van der Waals surface area contributed by atoms with Crippen LogP contribution in [-0.2, 0) is 16.0 Å². The second kappa shape index (κ2) is 7.47. The monoisotopic (exact) mass is 321 g/mol. The van der Waals surface area contributed by atoms with Gasteiger partial charge in [-0.25, -0.2) is 0 Å². The normalized spacial score (nSPS) is 24.9. The first-order valence-electron chi connectivity index (χ1n) is 8.39. The Morgan fingerprint density at radius 1 is 1.23 bits per heavy atom. The van der Waals surface area contributed by atoms with E-state index in [2.05, 4.69) is 4.90 Å². The lowest BCUT2D eigenvalue weighted by Gasteiger charge is -2.43. The molecule has 0 N–H and O–H groups in total. The lowest BCUT2D eigenvalue weighted by atomic mass is 9.90. The number of rotatable bonds is 4. The predicted octanol–water partition coefficient (Wildman–Crippen LogP) is 3.83. The number of amides is 1. The molecule has 1 aromatic rings. The average molecular weight is 322 g/mol. The van der Waals surface area contributed by atoms with Crippen molar-refractivity contribution < 1.29 is 9.53 Å². The van der Waals surface area contributed by atoms with E-state index in [1.54, 1.807) is 0 Å². The van der Waals surface area contributed by atoms with Crippen LogP contribution in [0.1, 0.15) is 44.1 Å². The van der Waals surface area contributed by atoms with Crippen molar-refractivity contribution in [1.82, 2.24) is 4.90 Å². The minimum absolute atomic E-state index is 0.280. The first-order valence-corrected chi connectivity index (χ1v) is 8.77. The van der Waals surface area contributed by atoms with E-state index in [4.69, 9.17) is 16.3 Å². The van der Waals surface area contributed by atoms with Gasteiger partial charge in [0.1, 0.15) is 0 Å². The maximum Gasteiger partial charge on any atom is 0.222 e. The summed E-state index contributed by atoms with van der Waals surface area (Å²) in [5, 5.41) is 0.761. The van der Waals surface area contributed by atoms with Crippen molar-refractivity contribution >= 4 is 17.5 Å². The first kappa shape index (κ1) is 15.8. The summed E-state index contributed by atoms with van der Waals surface area (Å²) in [6.07, 6.45) is 7.41. The van der Waals surface area contributed by atoms with Crippen LogP contribution in [0.3, 0.4) is 0 Å². The van der Waals surface area contributed by atoms with Crippen molar-refractivity contribution in [2.24, 2.45) is 0 Å². The topological polar surface area (TPSA) is 29.5 Å². The van der Waals surface area contributed by atoms with Gasteiger partial charge in [0.05, 0.1) is 18.8 Å². The van der Waals surface area contributed by atoms with Crippen molar-refractivity contribution in [1.29, 1.82) is 0 Å². The molecular weight excluding hydrogens is 298 g/mol. The molecule has 120 valence electrons. The van der Waals surface area contributed by atoms with Crippen molar-refractivity contribution in [2.75, 3.05) is 13.2 Å². The van der Waals surface area contributed by atoms with Gasteiger partial charge in [-0.3, -0.25) is 4.79 Å². The Balaban J connectivity index is 1.49. The van der Waals surface area contributed by atoms with E-state index in [-0.39, 0.29) is 6.10 Å². The van der Waals surface area contributed by atoms with E-state index in [1.807, 2.05) is 24.3 Å². The van der Waals surface area contributed by atoms with E-state index >= 15 is 0 Å². The lowest BCUT2D eigenvalue weighted by Crippen LogP contribution is -2.54. The van der Waals surface area contributed by atoms with E-state index in [1.165, 1.54) is 18.4 Å². The summed E-state index contributed by atoms with van der Waals surface area (Å²) in [7, 11) is 0. The van der Waals surface area contributed by atoms with Crippen LogP contribution in [0, 0.1) is 0 Å². The Labute approximate surface area is 137 Å². The number of nitrogens with zero attached hydrogens (tertiary/aromatic N) is 1. The molecule has 1 aliphatic heterocycles. The Morgan fingerprint density at radius 3 is 2.82 bits per heavy atom. The predicted molar refractivity (Wildman–Crippen MR) is 88.1 cm³/mol. The van der Waals surface area contributed by atoms with Gasteiger partial charge in [-0.05, 0) is 43.4 Å². The fourth-order valence-electron chi connectivity index (χ4n) is 3.64. The van der Waals surface area contributed by atoms with E-state index < -0.39 is 0 Å². The molecule has 1 aromatic carbocycles. The van der Waals surface area contributed by atoms with Crippen LogP contribution >= 0.6 is 11.6 Å². The summed E-state index contributed by atoms with van der Waals surface area (Å²) < 4.78 is 5.84. The molecule has 22 heavy (non-hydrogen) atoms. The third-order valence-corrected chi connectivity index (χ3v) is 5.07. The molecule has 1 heterocycles. The van der Waals surface area contributed by atoms with Gasteiger partial charge < -0.3 is 9.64 Å². The van der Waals surface area contributed by atoms with Gasteiger partial charge in [0, 0.05) is 18.0 Å². The van der Waals surface area contributed by atoms with Gasteiger partial charge in [0.15, 0.2) is 0 Å². The summed E-state index contributed by atoms with van der Waals surface area (Å²) in [6.45, 7) is 1.46. The highest BCUT2D eigenvalue weighted by Crippen LogP contribution is 2.29. The Bertz CT molecular complexity index is 500. The minimum Gasteiger partial charge on any atom is -0.374 e. The van der Waals surface area contributed by atoms with Gasteiger partial charge >= 0.3 is 0 Å². The van der Waals surface area contributed by atoms with Crippen LogP contribution in [0.15, 0.2) is 24.3 Å². The number of hydrogen-bond acceptors (Lipinski definition) is 2. The van der Waals surface area contributed by atoms with Crippen LogP contribution < -0.4 is 0 Å². The number of fused-ring (bicyclic) bond motifs is 1. The number of aryl methyl sites for hydroxylation is 1. The zero-order valence-electron chi connectivity index (χ0n) is 13.0. The number of carbonyl (C=O) groups is 1. The molecule has 0 radical (unpaired) electrons. The molecule has 4 heteroatoms. The summed E-state index contributed by atoms with van der Waals surface area (Å²) in [4.78, 5) is 14.6. The number of morpholine rings is 1. The van der Waals surface area contributed by atoms with Crippen molar-refractivity contribution in [3.05, 3.63) is 34.9 Å². The largest absolute Gasteiger partial charge is 0.374 e. The van der Waals surface area contributed by atoms with E-state index in [0.717, 1.165) is 37.3 Å². The van der Waals surface area contributed by atoms with Gasteiger partial charge in [-0.1, -0.05) is 36.6 Å². The second-order valence-corrected chi connectivity index (χ2v) is 6.76. The van der Waals surface area contributed by atoms with Crippen LogP contribution in [-0.4, -0.2) is 36.1 Å². The maximum absolute atomic E-state index is 12.5. The Hall–Kier alpha value is -1.06. The van der Waals surface area contributed by atoms with Crippen molar-refractivity contribution in [3.8, 4) is 0 Å². The second-order valence-electron chi connectivity index (χ2n) is 6.33. The molecular formula is C18H24ClNO2. The highest BCUT2D eigenvalue weighted by molar-refractivity contribution is 6.30. The quantitative estimate of drug-likeness (QED) is 0.843. The summed E-state index contributed by atoms with van der Waals surface area (Å²) in [6, 6.07) is 8.23. The Kier molecular flexibility index (Phi) is 5.37. The molecule has 2 aliphatic rings. The fraction of sp³-hybridized carbons (Fsp3) is 0.611. The molecule has 2 atom stereocenters. The van der Waals surface area contributed by atoms with E-state index in [0.29, 0.717) is 25.0 Å². The number of carbonyl (C=O) groups excluding carboxylic acids is 1. The highest BCUT2D eigenvalue weighted by Gasteiger charge is 2.36. The van der Waals surface area contributed by atoms with Gasteiger partial charge in [0.2, 0.25) is 5.91 Å². The third-order valence-electron chi connectivity index (χ3n) is 4.82. The van der Waals surface area contributed by atoms with Gasteiger partial charge in [0.25, 0.3) is 0 Å². The van der Waals surface area contributed by atoms with Crippen LogP contribution in [0.2, 0.25) is 5.02 Å². The number of hydrogen-bond donors (Lipinski definition) is 0. The van der Waals surface area contributed by atoms with Crippen LogP contribution in [0.5, 0.6) is 0 Å². The zero-order valence-corrected chi connectivity index (χ0v) is 13.7. The van der Waals surface area contributed by atoms with E-state index in [9.17, 15) is 4.79 Å². The summed E-state index contributed by atoms with van der Waals surface area (Å²) in [5.41, 5.74) is 1.25. The number of halogens is 1. The smallest absolute Gasteiger partial charge is 0.222 e. The van der Waals surface area contributed by atoms with Crippen LogP contribution in [0.25, 0.3) is 0 Å². The maximum atomic E-state index is 12.5. The lowest BCUT2D eigenvalue weighted by molar-refractivity contribution is -0.149.